The van der Waals surface area contributed by atoms with Crippen LogP contribution in [0.3, 0.4) is 0 Å². The van der Waals surface area contributed by atoms with Crippen LogP contribution in [0.25, 0.3) is 0 Å². The first kappa shape index (κ1) is 18.5. The van der Waals surface area contributed by atoms with Gasteiger partial charge in [0.25, 0.3) is 5.91 Å². The minimum Gasteiger partial charge on any atom is -0.483 e. The van der Waals surface area contributed by atoms with E-state index in [1.807, 2.05) is 36.4 Å². The van der Waals surface area contributed by atoms with E-state index >= 15 is 0 Å². The zero-order chi connectivity index (χ0) is 18.2. The zero-order valence-electron chi connectivity index (χ0n) is 15.5. The summed E-state index contributed by atoms with van der Waals surface area (Å²) in [5.74, 6) is 0.745. The van der Waals surface area contributed by atoms with Gasteiger partial charge in [-0.25, -0.2) is 0 Å². The van der Waals surface area contributed by atoms with Crippen molar-refractivity contribution in [2.45, 2.75) is 32.2 Å². The highest BCUT2D eigenvalue weighted by molar-refractivity contribution is 5.77. The number of hydrogen-bond acceptors (Lipinski definition) is 2. The molecule has 4 nitrogen and oxygen atoms in total. The van der Waals surface area contributed by atoms with Crippen molar-refractivity contribution < 1.29 is 14.4 Å². The van der Waals surface area contributed by atoms with Crippen LogP contribution in [-0.4, -0.2) is 38.2 Å². The second kappa shape index (κ2) is 9.39. The van der Waals surface area contributed by atoms with E-state index < -0.39 is 0 Å². The molecule has 0 bridgehead atoms. The highest BCUT2D eigenvalue weighted by Crippen LogP contribution is 2.21. The molecule has 1 amide bonds. The molecule has 4 heteroatoms. The summed E-state index contributed by atoms with van der Waals surface area (Å²) in [6.07, 6.45) is 3.26. The largest absolute Gasteiger partial charge is 0.483 e. The molecule has 26 heavy (non-hydrogen) atoms. The Morgan fingerprint density at radius 2 is 1.92 bits per heavy atom. The molecule has 2 aromatic rings. The lowest BCUT2D eigenvalue weighted by Gasteiger charge is -2.20. The van der Waals surface area contributed by atoms with Crippen LogP contribution in [0.5, 0.6) is 5.75 Å². The SMILES string of the molecule is CC[NH+]1CCC[C@H]1CNC(=O)COc1ccccc1Cc1ccccc1. The number of amides is 1. The summed E-state index contributed by atoms with van der Waals surface area (Å²) in [4.78, 5) is 13.8. The Hall–Kier alpha value is -2.33. The van der Waals surface area contributed by atoms with Crippen molar-refractivity contribution in [1.29, 1.82) is 0 Å². The summed E-state index contributed by atoms with van der Waals surface area (Å²) in [6, 6.07) is 18.8. The number of carbonyl (C=O) groups is 1. The number of quaternary nitrogens is 1. The molecule has 0 spiro atoms. The first-order valence-electron chi connectivity index (χ1n) is 9.62. The number of likely N-dealkylation sites (tertiary alicyclic amines) is 1. The molecule has 0 aliphatic carbocycles. The molecule has 1 unspecified atom stereocenters. The Kier molecular flexibility index (Phi) is 6.67. The van der Waals surface area contributed by atoms with Crippen molar-refractivity contribution in [1.82, 2.24) is 5.32 Å². The fraction of sp³-hybridized carbons (Fsp3) is 0.409. The van der Waals surface area contributed by atoms with Crippen molar-refractivity contribution >= 4 is 5.91 Å². The van der Waals surface area contributed by atoms with Gasteiger partial charge in [0.05, 0.1) is 19.6 Å². The molecular weight excluding hydrogens is 324 g/mol. The fourth-order valence-corrected chi connectivity index (χ4v) is 3.73. The van der Waals surface area contributed by atoms with Crippen LogP contribution in [0.1, 0.15) is 30.9 Å². The maximum atomic E-state index is 12.2. The van der Waals surface area contributed by atoms with Gasteiger partial charge in [-0.05, 0) is 24.1 Å². The predicted molar refractivity (Wildman–Crippen MR) is 104 cm³/mol. The molecule has 2 N–H and O–H groups in total. The normalized spacial score (nSPS) is 19.3. The van der Waals surface area contributed by atoms with E-state index in [0.717, 1.165) is 30.8 Å². The summed E-state index contributed by atoms with van der Waals surface area (Å²) >= 11 is 0. The number of para-hydroxylation sites is 1. The molecule has 138 valence electrons. The van der Waals surface area contributed by atoms with Crippen molar-refractivity contribution in [3.05, 3.63) is 65.7 Å². The van der Waals surface area contributed by atoms with Gasteiger partial charge in [-0.3, -0.25) is 4.79 Å². The van der Waals surface area contributed by atoms with Gasteiger partial charge in [-0.2, -0.15) is 0 Å². The summed E-state index contributed by atoms with van der Waals surface area (Å²) in [6.45, 7) is 5.38. The lowest BCUT2D eigenvalue weighted by Crippen LogP contribution is -3.14. The number of ether oxygens (including phenoxy) is 1. The Balaban J connectivity index is 1.50. The van der Waals surface area contributed by atoms with Gasteiger partial charge < -0.3 is 15.0 Å². The second-order valence-electron chi connectivity index (χ2n) is 6.96. The Morgan fingerprint density at radius 1 is 1.15 bits per heavy atom. The number of nitrogens with one attached hydrogen (secondary N) is 2. The summed E-state index contributed by atoms with van der Waals surface area (Å²) in [7, 11) is 0. The molecule has 1 aliphatic rings. The lowest BCUT2D eigenvalue weighted by atomic mass is 10.0. The molecular formula is C22H29N2O2+. The summed E-state index contributed by atoms with van der Waals surface area (Å²) in [5.41, 5.74) is 2.33. The van der Waals surface area contributed by atoms with E-state index in [4.69, 9.17) is 4.74 Å². The highest BCUT2D eigenvalue weighted by atomic mass is 16.5. The van der Waals surface area contributed by atoms with Crippen LogP contribution in [0.4, 0.5) is 0 Å². The van der Waals surface area contributed by atoms with Crippen LogP contribution < -0.4 is 15.0 Å². The molecule has 2 aromatic carbocycles. The third kappa shape index (κ3) is 5.09. The van der Waals surface area contributed by atoms with E-state index in [0.29, 0.717) is 6.04 Å². The molecule has 1 heterocycles. The van der Waals surface area contributed by atoms with E-state index in [-0.39, 0.29) is 12.5 Å². The number of hydrogen-bond donors (Lipinski definition) is 2. The maximum absolute atomic E-state index is 12.2. The third-order valence-electron chi connectivity index (χ3n) is 5.20. The molecule has 3 rings (SSSR count). The van der Waals surface area contributed by atoms with Crippen LogP contribution in [0, 0.1) is 0 Å². The van der Waals surface area contributed by atoms with Crippen LogP contribution in [0.15, 0.2) is 54.6 Å². The molecule has 0 radical (unpaired) electrons. The lowest BCUT2D eigenvalue weighted by molar-refractivity contribution is -0.909. The van der Waals surface area contributed by atoms with Gasteiger partial charge in [0.1, 0.15) is 11.8 Å². The molecule has 1 aliphatic heterocycles. The van der Waals surface area contributed by atoms with Gasteiger partial charge in [0.2, 0.25) is 0 Å². The molecule has 1 saturated heterocycles. The number of rotatable bonds is 8. The van der Waals surface area contributed by atoms with E-state index in [1.165, 1.54) is 24.9 Å². The van der Waals surface area contributed by atoms with Gasteiger partial charge in [-0.15, -0.1) is 0 Å². The quantitative estimate of drug-likeness (QED) is 0.760. The van der Waals surface area contributed by atoms with Gasteiger partial charge in [0.15, 0.2) is 6.61 Å². The first-order chi connectivity index (χ1) is 12.8. The number of benzene rings is 2. The Morgan fingerprint density at radius 3 is 2.73 bits per heavy atom. The summed E-state index contributed by atoms with van der Waals surface area (Å²) in [5, 5.41) is 3.04. The van der Waals surface area contributed by atoms with Crippen LogP contribution in [-0.2, 0) is 11.2 Å². The minimum atomic E-state index is -0.0399. The van der Waals surface area contributed by atoms with E-state index in [1.54, 1.807) is 4.90 Å². The fourth-order valence-electron chi connectivity index (χ4n) is 3.73. The average molecular weight is 353 g/mol. The number of likely N-dealkylation sites (N-methyl/N-ethyl adjacent to an activating group) is 1. The van der Waals surface area contributed by atoms with E-state index in [9.17, 15) is 4.79 Å². The van der Waals surface area contributed by atoms with Gasteiger partial charge >= 0.3 is 0 Å². The molecule has 0 saturated carbocycles. The highest BCUT2D eigenvalue weighted by Gasteiger charge is 2.27. The van der Waals surface area contributed by atoms with Crippen molar-refractivity contribution in [2.75, 3.05) is 26.2 Å². The van der Waals surface area contributed by atoms with Crippen LogP contribution in [0.2, 0.25) is 0 Å². The average Bonchev–Trinajstić information content (AvgIpc) is 3.14. The Bertz CT molecular complexity index is 702. The van der Waals surface area contributed by atoms with Gasteiger partial charge in [0, 0.05) is 19.3 Å². The number of carbonyl (C=O) groups excluding carboxylic acids is 1. The molecule has 2 atom stereocenters. The van der Waals surface area contributed by atoms with Gasteiger partial charge in [-0.1, -0.05) is 48.5 Å². The monoisotopic (exact) mass is 353 g/mol. The molecule has 1 fully saturated rings. The first-order valence-corrected chi connectivity index (χ1v) is 9.62. The van der Waals surface area contributed by atoms with Crippen LogP contribution >= 0.6 is 0 Å². The third-order valence-corrected chi connectivity index (χ3v) is 5.20. The van der Waals surface area contributed by atoms with Crippen molar-refractivity contribution in [3.8, 4) is 5.75 Å². The van der Waals surface area contributed by atoms with Crippen molar-refractivity contribution in [2.24, 2.45) is 0 Å². The van der Waals surface area contributed by atoms with Crippen molar-refractivity contribution in [3.63, 3.8) is 0 Å². The standard InChI is InChI=1S/C22H28N2O2/c1-2-24-14-8-12-20(24)16-23-22(25)17-26-21-13-7-6-11-19(21)15-18-9-4-3-5-10-18/h3-7,9-11,13,20H,2,8,12,14-17H2,1H3,(H,23,25)/p+1/t20-/m0/s1. The van der Waals surface area contributed by atoms with E-state index in [2.05, 4.69) is 30.4 Å². The maximum Gasteiger partial charge on any atom is 0.258 e. The second-order valence-corrected chi connectivity index (χ2v) is 6.96. The summed E-state index contributed by atoms with van der Waals surface area (Å²) < 4.78 is 5.82. The predicted octanol–water partition coefficient (Wildman–Crippen LogP) is 1.84. The Labute approximate surface area is 156 Å². The zero-order valence-corrected chi connectivity index (χ0v) is 15.5. The smallest absolute Gasteiger partial charge is 0.258 e. The minimum absolute atomic E-state index is 0.0399. The topological polar surface area (TPSA) is 42.8 Å². The molecule has 0 aromatic heterocycles.